The molecule has 2 heterocycles. The molecule has 1 aliphatic carbocycles. The van der Waals surface area contributed by atoms with Gasteiger partial charge in [-0.15, -0.1) is 0 Å². The standard InChI is InChI=1S/C29H35N5O2S/c1-20-8-9-23(28(35)31-24-10-11-24)18-25(20)34-13-12-30-27(29(34)36)32-26(22-6-4-3-5-7-22)21(2)19-33-14-16-37-17-15-33/h3-9,12-13,18,21,24,26H,10-11,14-17,19H2,1-2H3,(H,30,32)(H,31,35)/t21-,26+/m0/s1. The van der Waals surface area contributed by atoms with Crippen molar-refractivity contribution in [2.24, 2.45) is 5.92 Å². The Hall–Kier alpha value is -3.10. The molecule has 2 fully saturated rings. The predicted molar refractivity (Wildman–Crippen MR) is 151 cm³/mol. The van der Waals surface area contributed by atoms with Crippen molar-refractivity contribution in [1.29, 1.82) is 0 Å². The average Bonchev–Trinajstić information content (AvgIpc) is 3.73. The maximum Gasteiger partial charge on any atom is 0.297 e. The molecule has 1 aromatic heterocycles. The Morgan fingerprint density at radius 2 is 1.89 bits per heavy atom. The molecule has 194 valence electrons. The summed E-state index contributed by atoms with van der Waals surface area (Å²) < 4.78 is 1.59. The van der Waals surface area contributed by atoms with Crippen LogP contribution in [-0.2, 0) is 0 Å². The van der Waals surface area contributed by atoms with Gasteiger partial charge in [-0.25, -0.2) is 4.98 Å². The molecule has 5 rings (SSSR count). The molecule has 8 heteroatoms. The summed E-state index contributed by atoms with van der Waals surface area (Å²) in [4.78, 5) is 33.3. The van der Waals surface area contributed by atoms with Crippen LogP contribution in [0.1, 0.15) is 47.3 Å². The van der Waals surface area contributed by atoms with Crippen molar-refractivity contribution >= 4 is 23.5 Å². The summed E-state index contributed by atoms with van der Waals surface area (Å²) in [5.74, 6) is 2.80. The topological polar surface area (TPSA) is 79.3 Å². The SMILES string of the molecule is Cc1ccc(C(=O)NC2CC2)cc1-n1ccnc(N[C@@H](c2ccccc2)[C@@H](C)CN2CCSCC2)c1=O. The molecule has 2 atom stereocenters. The van der Waals surface area contributed by atoms with E-state index >= 15 is 0 Å². The number of amides is 1. The third-order valence-corrected chi connectivity index (χ3v) is 8.10. The van der Waals surface area contributed by atoms with Gasteiger partial charge in [-0.2, -0.15) is 11.8 Å². The lowest BCUT2D eigenvalue weighted by atomic mass is 9.93. The van der Waals surface area contributed by atoms with Crippen molar-refractivity contribution < 1.29 is 4.79 Å². The summed E-state index contributed by atoms with van der Waals surface area (Å²) >= 11 is 2.01. The van der Waals surface area contributed by atoms with Gasteiger partial charge in [-0.05, 0) is 48.9 Å². The van der Waals surface area contributed by atoms with Gasteiger partial charge in [0.2, 0.25) is 0 Å². The minimum atomic E-state index is -0.229. The molecule has 2 aromatic carbocycles. The molecule has 2 N–H and O–H groups in total. The molecular formula is C29H35N5O2S. The Labute approximate surface area is 222 Å². The molecule has 1 amide bonds. The van der Waals surface area contributed by atoms with Crippen molar-refractivity contribution in [3.63, 3.8) is 0 Å². The lowest BCUT2D eigenvalue weighted by Gasteiger charge is -2.33. The molecule has 1 saturated carbocycles. The molecule has 2 aliphatic rings. The van der Waals surface area contributed by atoms with E-state index in [1.54, 1.807) is 23.0 Å². The largest absolute Gasteiger partial charge is 0.358 e. The molecule has 1 aliphatic heterocycles. The fourth-order valence-electron chi connectivity index (χ4n) is 4.87. The van der Waals surface area contributed by atoms with Crippen LogP contribution in [0, 0.1) is 12.8 Å². The van der Waals surface area contributed by atoms with E-state index in [-0.39, 0.29) is 29.5 Å². The number of carbonyl (C=O) groups is 1. The minimum absolute atomic E-state index is 0.0661. The van der Waals surface area contributed by atoms with Crippen LogP contribution >= 0.6 is 11.8 Å². The van der Waals surface area contributed by atoms with Crippen molar-refractivity contribution in [2.45, 2.75) is 38.8 Å². The van der Waals surface area contributed by atoms with E-state index in [4.69, 9.17) is 0 Å². The van der Waals surface area contributed by atoms with E-state index in [9.17, 15) is 9.59 Å². The van der Waals surface area contributed by atoms with E-state index < -0.39 is 0 Å². The first-order valence-electron chi connectivity index (χ1n) is 13.1. The molecule has 7 nitrogen and oxygen atoms in total. The van der Waals surface area contributed by atoms with Gasteiger partial charge in [0.05, 0.1) is 11.7 Å². The summed E-state index contributed by atoms with van der Waals surface area (Å²) in [5, 5.41) is 6.53. The molecule has 3 aromatic rings. The molecule has 0 spiro atoms. The fourth-order valence-corrected chi connectivity index (χ4v) is 5.84. The van der Waals surface area contributed by atoms with Gasteiger partial charge in [0.25, 0.3) is 11.5 Å². The molecule has 0 unspecified atom stereocenters. The zero-order valence-electron chi connectivity index (χ0n) is 21.5. The fraction of sp³-hybridized carbons (Fsp3) is 0.414. The third-order valence-electron chi connectivity index (χ3n) is 7.15. The maximum atomic E-state index is 13.7. The molecular weight excluding hydrogens is 482 g/mol. The van der Waals surface area contributed by atoms with Crippen molar-refractivity contribution in [3.8, 4) is 5.69 Å². The van der Waals surface area contributed by atoms with Crippen LogP contribution in [-0.4, -0.2) is 57.5 Å². The van der Waals surface area contributed by atoms with Crippen LogP contribution in [0.3, 0.4) is 0 Å². The summed E-state index contributed by atoms with van der Waals surface area (Å²) in [7, 11) is 0. The second kappa shape index (κ2) is 11.5. The average molecular weight is 518 g/mol. The number of hydrogen-bond acceptors (Lipinski definition) is 6. The number of nitrogens with one attached hydrogen (secondary N) is 2. The van der Waals surface area contributed by atoms with E-state index in [1.165, 1.54) is 0 Å². The smallest absolute Gasteiger partial charge is 0.297 e. The van der Waals surface area contributed by atoms with Crippen LogP contribution in [0.15, 0.2) is 65.7 Å². The monoisotopic (exact) mass is 517 g/mol. The van der Waals surface area contributed by atoms with Crippen molar-refractivity contribution in [2.75, 3.05) is 36.5 Å². The number of anilines is 1. The van der Waals surface area contributed by atoms with Crippen LogP contribution in [0.2, 0.25) is 0 Å². The summed E-state index contributed by atoms with van der Waals surface area (Å²) in [5.41, 5.74) is 3.06. The number of rotatable bonds is 9. The Balaban J connectivity index is 1.43. The zero-order chi connectivity index (χ0) is 25.8. The van der Waals surface area contributed by atoms with Gasteiger partial charge in [0, 0.05) is 55.1 Å². The summed E-state index contributed by atoms with van der Waals surface area (Å²) in [6.07, 6.45) is 5.38. The van der Waals surface area contributed by atoms with Gasteiger partial charge >= 0.3 is 0 Å². The minimum Gasteiger partial charge on any atom is -0.358 e. The lowest BCUT2D eigenvalue weighted by molar-refractivity contribution is 0.0951. The van der Waals surface area contributed by atoms with Gasteiger partial charge < -0.3 is 15.5 Å². The first-order valence-corrected chi connectivity index (χ1v) is 14.3. The van der Waals surface area contributed by atoms with Gasteiger partial charge in [-0.1, -0.05) is 43.3 Å². The Morgan fingerprint density at radius 1 is 1.14 bits per heavy atom. The highest BCUT2D eigenvalue weighted by Crippen LogP contribution is 2.27. The van der Waals surface area contributed by atoms with Gasteiger partial charge in [-0.3, -0.25) is 14.2 Å². The van der Waals surface area contributed by atoms with Crippen LogP contribution < -0.4 is 16.2 Å². The molecule has 0 bridgehead atoms. The first-order chi connectivity index (χ1) is 18.0. The number of aromatic nitrogens is 2. The molecule has 1 saturated heterocycles. The number of carbonyl (C=O) groups excluding carboxylic acids is 1. The zero-order valence-corrected chi connectivity index (χ0v) is 22.3. The second-order valence-corrected chi connectivity index (χ2v) is 11.3. The lowest BCUT2D eigenvalue weighted by Crippen LogP contribution is -2.39. The van der Waals surface area contributed by atoms with E-state index in [1.807, 2.05) is 49.0 Å². The Bertz CT molecular complexity index is 1280. The van der Waals surface area contributed by atoms with Crippen molar-refractivity contribution in [3.05, 3.63) is 88.0 Å². The van der Waals surface area contributed by atoms with Crippen LogP contribution in [0.25, 0.3) is 5.69 Å². The summed E-state index contributed by atoms with van der Waals surface area (Å²) in [6, 6.07) is 16.0. The maximum absolute atomic E-state index is 13.7. The van der Waals surface area contributed by atoms with E-state index in [2.05, 4.69) is 39.6 Å². The highest BCUT2D eigenvalue weighted by Gasteiger charge is 2.26. The van der Waals surface area contributed by atoms with E-state index in [0.717, 1.165) is 55.1 Å². The normalized spacial score (nSPS) is 17.7. The predicted octanol–water partition coefficient (Wildman–Crippen LogP) is 4.27. The number of hydrogen-bond donors (Lipinski definition) is 2. The van der Waals surface area contributed by atoms with Crippen LogP contribution in [0.5, 0.6) is 0 Å². The number of thioether (sulfide) groups is 1. The van der Waals surface area contributed by atoms with E-state index in [0.29, 0.717) is 17.1 Å². The highest BCUT2D eigenvalue weighted by atomic mass is 32.2. The quantitative estimate of drug-likeness (QED) is 0.441. The summed E-state index contributed by atoms with van der Waals surface area (Å²) in [6.45, 7) is 7.32. The highest BCUT2D eigenvalue weighted by molar-refractivity contribution is 7.99. The molecule has 0 radical (unpaired) electrons. The van der Waals surface area contributed by atoms with Crippen LogP contribution in [0.4, 0.5) is 5.82 Å². The number of benzene rings is 2. The number of nitrogens with zero attached hydrogens (tertiary/aromatic N) is 3. The Morgan fingerprint density at radius 3 is 2.62 bits per heavy atom. The first kappa shape index (κ1) is 25.5. The number of aryl methyl sites for hydroxylation is 1. The van der Waals surface area contributed by atoms with Gasteiger partial charge in [0.15, 0.2) is 5.82 Å². The molecule has 37 heavy (non-hydrogen) atoms. The third kappa shape index (κ3) is 6.25. The van der Waals surface area contributed by atoms with Crippen molar-refractivity contribution in [1.82, 2.24) is 19.8 Å². The second-order valence-electron chi connectivity index (χ2n) is 10.1. The Kier molecular flexibility index (Phi) is 7.96. The van der Waals surface area contributed by atoms with Gasteiger partial charge in [0.1, 0.15) is 0 Å².